The molecule has 1 aliphatic rings. The molecule has 0 atom stereocenters. The maximum atomic E-state index is 11.6. The van der Waals surface area contributed by atoms with Gasteiger partial charge in [0.05, 0.1) is 11.4 Å². The number of carbonyl (C=O) groups excluding carboxylic acids is 2. The fourth-order valence-corrected chi connectivity index (χ4v) is 2.17. The lowest BCUT2D eigenvalue weighted by Crippen LogP contribution is -2.28. The molecule has 102 valence electrons. The van der Waals surface area contributed by atoms with Crippen molar-refractivity contribution in [1.82, 2.24) is 5.32 Å². The van der Waals surface area contributed by atoms with E-state index in [-0.39, 0.29) is 24.7 Å². The Morgan fingerprint density at radius 3 is 2.40 bits per heavy atom. The molecule has 6 nitrogen and oxygen atoms in total. The third kappa shape index (κ3) is 2.97. The van der Waals surface area contributed by atoms with E-state index < -0.39 is 0 Å². The summed E-state index contributed by atoms with van der Waals surface area (Å²) in [5.74, 6) is -0.357. The van der Waals surface area contributed by atoms with E-state index in [9.17, 15) is 9.59 Å². The van der Waals surface area contributed by atoms with Gasteiger partial charge in [0, 0.05) is 12.8 Å². The SMILES string of the molecule is CSC(=Nc1ccc(N2C(=O)CCC2=O)cc1)NC#N. The molecule has 2 rings (SSSR count). The zero-order chi connectivity index (χ0) is 14.5. The Morgan fingerprint density at radius 2 is 1.90 bits per heavy atom. The quantitative estimate of drug-likeness (QED) is 0.295. The van der Waals surface area contributed by atoms with Gasteiger partial charge >= 0.3 is 0 Å². The number of amides is 2. The van der Waals surface area contributed by atoms with Gasteiger partial charge in [-0.05, 0) is 30.5 Å². The van der Waals surface area contributed by atoms with Crippen LogP contribution in [0.15, 0.2) is 29.3 Å². The van der Waals surface area contributed by atoms with Gasteiger partial charge in [-0.25, -0.2) is 4.99 Å². The number of amidine groups is 1. The van der Waals surface area contributed by atoms with Crippen LogP contribution in [0, 0.1) is 11.5 Å². The van der Waals surface area contributed by atoms with Crippen LogP contribution in [0.1, 0.15) is 12.8 Å². The van der Waals surface area contributed by atoms with Gasteiger partial charge in [-0.15, -0.1) is 0 Å². The van der Waals surface area contributed by atoms with Crippen molar-refractivity contribution < 1.29 is 9.59 Å². The largest absolute Gasteiger partial charge is 0.274 e. The number of imide groups is 1. The molecule has 0 aliphatic carbocycles. The fourth-order valence-electron chi connectivity index (χ4n) is 1.83. The number of aliphatic imine (C=N–C) groups is 1. The summed E-state index contributed by atoms with van der Waals surface area (Å²) in [4.78, 5) is 28.6. The maximum absolute atomic E-state index is 11.6. The highest BCUT2D eigenvalue weighted by atomic mass is 32.2. The van der Waals surface area contributed by atoms with E-state index in [1.807, 2.05) is 6.19 Å². The number of carbonyl (C=O) groups is 2. The molecular weight excluding hydrogens is 276 g/mol. The fraction of sp³-hybridized carbons (Fsp3) is 0.231. The number of thioether (sulfide) groups is 1. The molecule has 0 unspecified atom stereocenters. The summed E-state index contributed by atoms with van der Waals surface area (Å²) in [6, 6.07) is 6.74. The highest BCUT2D eigenvalue weighted by Crippen LogP contribution is 2.25. The number of nitrogens with zero attached hydrogens (tertiary/aromatic N) is 3. The van der Waals surface area contributed by atoms with Crippen molar-refractivity contribution in [1.29, 1.82) is 5.26 Å². The van der Waals surface area contributed by atoms with Crippen LogP contribution >= 0.6 is 11.8 Å². The van der Waals surface area contributed by atoms with Crippen molar-refractivity contribution in [3.05, 3.63) is 24.3 Å². The van der Waals surface area contributed by atoms with E-state index in [1.165, 1.54) is 16.7 Å². The van der Waals surface area contributed by atoms with Crippen LogP contribution in [0.3, 0.4) is 0 Å². The van der Waals surface area contributed by atoms with Gasteiger partial charge in [-0.2, -0.15) is 5.26 Å². The molecule has 7 heteroatoms. The molecule has 20 heavy (non-hydrogen) atoms. The molecule has 1 aromatic rings. The van der Waals surface area contributed by atoms with Crippen molar-refractivity contribution in [3.63, 3.8) is 0 Å². The number of benzene rings is 1. The second-order valence-electron chi connectivity index (χ2n) is 4.00. The Kier molecular flexibility index (Phi) is 4.38. The normalized spacial score (nSPS) is 15.4. The molecule has 0 spiro atoms. The summed E-state index contributed by atoms with van der Waals surface area (Å²) < 4.78 is 0. The Balaban J connectivity index is 2.20. The summed E-state index contributed by atoms with van der Waals surface area (Å²) in [6.45, 7) is 0. The van der Waals surface area contributed by atoms with Crippen LogP contribution in [-0.4, -0.2) is 23.2 Å². The summed E-state index contributed by atoms with van der Waals surface area (Å²) in [7, 11) is 0. The van der Waals surface area contributed by atoms with Crippen LogP contribution < -0.4 is 10.2 Å². The Bertz CT molecular complexity index is 588. The van der Waals surface area contributed by atoms with E-state index in [2.05, 4.69) is 10.3 Å². The maximum Gasteiger partial charge on any atom is 0.234 e. The van der Waals surface area contributed by atoms with E-state index >= 15 is 0 Å². The molecule has 0 bridgehead atoms. The van der Waals surface area contributed by atoms with Gasteiger partial charge in [0.2, 0.25) is 11.8 Å². The average molecular weight is 288 g/mol. The van der Waals surface area contributed by atoms with Crippen molar-refractivity contribution in [2.24, 2.45) is 4.99 Å². The van der Waals surface area contributed by atoms with Crippen molar-refractivity contribution in [3.8, 4) is 6.19 Å². The van der Waals surface area contributed by atoms with Crippen LogP contribution in [-0.2, 0) is 9.59 Å². The molecule has 1 fully saturated rings. The summed E-state index contributed by atoms with van der Waals surface area (Å²) in [5, 5.41) is 11.5. The van der Waals surface area contributed by atoms with Crippen LogP contribution in [0.4, 0.5) is 11.4 Å². The lowest BCUT2D eigenvalue weighted by Gasteiger charge is -2.13. The highest BCUT2D eigenvalue weighted by molar-refractivity contribution is 8.13. The molecule has 1 saturated heterocycles. The van der Waals surface area contributed by atoms with Gasteiger partial charge in [-0.1, -0.05) is 11.8 Å². The predicted octanol–water partition coefficient (Wildman–Crippen LogP) is 1.76. The smallest absolute Gasteiger partial charge is 0.234 e. The van der Waals surface area contributed by atoms with Crippen LogP contribution in [0.25, 0.3) is 0 Å². The lowest BCUT2D eigenvalue weighted by atomic mass is 10.2. The summed E-state index contributed by atoms with van der Waals surface area (Å²) in [5.41, 5.74) is 1.19. The van der Waals surface area contributed by atoms with Gasteiger partial charge < -0.3 is 0 Å². The number of nitrogens with one attached hydrogen (secondary N) is 1. The third-order valence-corrected chi connectivity index (χ3v) is 3.33. The van der Waals surface area contributed by atoms with Crippen molar-refractivity contribution in [2.75, 3.05) is 11.2 Å². The minimum absolute atomic E-state index is 0.179. The molecule has 1 heterocycles. The summed E-state index contributed by atoms with van der Waals surface area (Å²) in [6.07, 6.45) is 4.14. The highest BCUT2D eigenvalue weighted by Gasteiger charge is 2.29. The first-order valence-electron chi connectivity index (χ1n) is 5.89. The molecule has 2 amide bonds. The van der Waals surface area contributed by atoms with Crippen molar-refractivity contribution >= 4 is 40.1 Å². The first-order chi connectivity index (χ1) is 9.65. The lowest BCUT2D eigenvalue weighted by molar-refractivity contribution is -0.121. The second kappa shape index (κ2) is 6.21. The van der Waals surface area contributed by atoms with E-state index in [4.69, 9.17) is 5.26 Å². The molecule has 0 saturated carbocycles. The standard InChI is InChI=1S/C13H12N4O2S/c1-20-13(15-8-14)16-9-2-4-10(5-3-9)17-11(18)6-7-12(17)19/h2-5H,6-7H2,1H3,(H,15,16). The average Bonchev–Trinajstić information content (AvgIpc) is 2.79. The second-order valence-corrected chi connectivity index (χ2v) is 4.79. The Labute approximate surface area is 120 Å². The summed E-state index contributed by atoms with van der Waals surface area (Å²) >= 11 is 1.32. The Hall–Kier alpha value is -2.33. The number of rotatable bonds is 2. The van der Waals surface area contributed by atoms with Gasteiger partial charge in [-0.3, -0.25) is 19.8 Å². The Morgan fingerprint density at radius 1 is 1.30 bits per heavy atom. The first-order valence-corrected chi connectivity index (χ1v) is 7.12. The molecule has 1 aromatic carbocycles. The van der Waals surface area contributed by atoms with Crippen molar-refractivity contribution in [2.45, 2.75) is 12.8 Å². The van der Waals surface area contributed by atoms with Crippen LogP contribution in [0.5, 0.6) is 0 Å². The van der Waals surface area contributed by atoms with Gasteiger partial charge in [0.15, 0.2) is 11.4 Å². The van der Waals surface area contributed by atoms with Gasteiger partial charge in [0.25, 0.3) is 0 Å². The monoisotopic (exact) mass is 288 g/mol. The molecular formula is C13H12N4O2S. The zero-order valence-corrected chi connectivity index (χ0v) is 11.6. The number of hydrogen-bond acceptors (Lipinski definition) is 5. The zero-order valence-electron chi connectivity index (χ0n) is 10.8. The molecule has 1 aliphatic heterocycles. The predicted molar refractivity (Wildman–Crippen MR) is 77.5 cm³/mol. The number of hydrogen-bond donors (Lipinski definition) is 1. The molecule has 0 aromatic heterocycles. The van der Waals surface area contributed by atoms with E-state index in [0.29, 0.717) is 16.5 Å². The van der Waals surface area contributed by atoms with E-state index in [0.717, 1.165) is 0 Å². The number of nitriles is 1. The number of anilines is 1. The van der Waals surface area contributed by atoms with Crippen LogP contribution in [0.2, 0.25) is 0 Å². The molecule has 0 radical (unpaired) electrons. The van der Waals surface area contributed by atoms with E-state index in [1.54, 1.807) is 30.5 Å². The topological polar surface area (TPSA) is 85.6 Å². The minimum atomic E-state index is -0.179. The third-order valence-electron chi connectivity index (χ3n) is 2.75. The first kappa shape index (κ1) is 14.1. The van der Waals surface area contributed by atoms with Gasteiger partial charge in [0.1, 0.15) is 0 Å². The molecule has 1 N–H and O–H groups in total. The minimum Gasteiger partial charge on any atom is -0.274 e.